The molecule has 1 atom stereocenters. The van der Waals surface area contributed by atoms with Gasteiger partial charge in [-0.2, -0.15) is 0 Å². The Morgan fingerprint density at radius 2 is 1.90 bits per heavy atom. The molecule has 6 heteroatoms. The van der Waals surface area contributed by atoms with Crippen molar-refractivity contribution in [2.75, 3.05) is 45.8 Å². The quantitative estimate of drug-likeness (QED) is 0.664. The summed E-state index contributed by atoms with van der Waals surface area (Å²) in [6, 6.07) is -0.243. The summed E-state index contributed by atoms with van der Waals surface area (Å²) in [7, 11) is 0. The van der Waals surface area contributed by atoms with Crippen LogP contribution in [0, 0.1) is 0 Å². The van der Waals surface area contributed by atoms with Gasteiger partial charge in [0.1, 0.15) is 6.04 Å². The van der Waals surface area contributed by atoms with Crippen molar-refractivity contribution >= 4 is 11.8 Å². The first kappa shape index (κ1) is 17.9. The van der Waals surface area contributed by atoms with Gasteiger partial charge in [0, 0.05) is 39.3 Å². The number of nitrogens with zero attached hydrogens (tertiary/aromatic N) is 2. The van der Waals surface area contributed by atoms with Gasteiger partial charge in [0.15, 0.2) is 0 Å². The highest BCUT2D eigenvalue weighted by atomic mass is 16.2. The third kappa shape index (κ3) is 5.63. The maximum atomic E-state index is 12.4. The van der Waals surface area contributed by atoms with Gasteiger partial charge in [0.2, 0.25) is 11.8 Å². The van der Waals surface area contributed by atoms with E-state index in [-0.39, 0.29) is 17.9 Å². The molecule has 0 aliphatic carbocycles. The standard InChI is InChI=1S/C15H30N4O2/c1-4-8-18(9-5-2)14(20)12-19-10-7-16-11-13(19)15(21)17-6-3/h13,16H,4-12H2,1-3H3,(H,17,21). The predicted octanol–water partition coefficient (Wildman–Crippen LogP) is 0.0449. The Morgan fingerprint density at radius 1 is 1.24 bits per heavy atom. The highest BCUT2D eigenvalue weighted by Gasteiger charge is 2.30. The number of rotatable bonds is 8. The lowest BCUT2D eigenvalue weighted by molar-refractivity contribution is -0.135. The summed E-state index contributed by atoms with van der Waals surface area (Å²) in [5, 5.41) is 6.08. The van der Waals surface area contributed by atoms with Gasteiger partial charge in [0.05, 0.1) is 6.54 Å². The molecule has 2 amide bonds. The highest BCUT2D eigenvalue weighted by Crippen LogP contribution is 2.06. The Morgan fingerprint density at radius 3 is 2.48 bits per heavy atom. The Labute approximate surface area is 128 Å². The van der Waals surface area contributed by atoms with E-state index in [1.54, 1.807) is 0 Å². The number of nitrogens with one attached hydrogen (secondary N) is 2. The minimum atomic E-state index is -0.243. The smallest absolute Gasteiger partial charge is 0.238 e. The first-order chi connectivity index (χ1) is 10.1. The van der Waals surface area contributed by atoms with Gasteiger partial charge in [-0.25, -0.2) is 0 Å². The lowest BCUT2D eigenvalue weighted by Crippen LogP contribution is -2.59. The van der Waals surface area contributed by atoms with Gasteiger partial charge in [-0.15, -0.1) is 0 Å². The normalized spacial score (nSPS) is 19.3. The molecule has 0 radical (unpaired) electrons. The molecule has 21 heavy (non-hydrogen) atoms. The van der Waals surface area contributed by atoms with E-state index in [4.69, 9.17) is 0 Å². The van der Waals surface area contributed by atoms with Crippen LogP contribution in [0.2, 0.25) is 0 Å². The van der Waals surface area contributed by atoms with Crippen LogP contribution in [0.5, 0.6) is 0 Å². The summed E-state index contributed by atoms with van der Waals surface area (Å²) < 4.78 is 0. The monoisotopic (exact) mass is 298 g/mol. The van der Waals surface area contributed by atoms with Crippen molar-refractivity contribution < 1.29 is 9.59 Å². The second-order valence-corrected chi connectivity index (χ2v) is 5.47. The van der Waals surface area contributed by atoms with E-state index >= 15 is 0 Å². The van der Waals surface area contributed by atoms with Crippen LogP contribution >= 0.6 is 0 Å². The lowest BCUT2D eigenvalue weighted by atomic mass is 10.1. The average Bonchev–Trinajstić information content (AvgIpc) is 2.47. The molecular weight excluding hydrogens is 268 g/mol. The van der Waals surface area contributed by atoms with Crippen molar-refractivity contribution in [1.29, 1.82) is 0 Å². The number of hydrogen-bond acceptors (Lipinski definition) is 4. The molecule has 1 fully saturated rings. The summed E-state index contributed by atoms with van der Waals surface area (Å²) in [5.74, 6) is 0.143. The Bertz CT molecular complexity index is 330. The van der Waals surface area contributed by atoms with Crippen LogP contribution < -0.4 is 10.6 Å². The zero-order valence-corrected chi connectivity index (χ0v) is 13.7. The van der Waals surface area contributed by atoms with E-state index in [9.17, 15) is 9.59 Å². The molecule has 1 aliphatic rings. The molecule has 1 heterocycles. The van der Waals surface area contributed by atoms with Gasteiger partial charge >= 0.3 is 0 Å². The minimum absolute atomic E-state index is 0.00929. The third-order valence-electron chi connectivity index (χ3n) is 3.69. The fourth-order valence-corrected chi connectivity index (χ4v) is 2.66. The van der Waals surface area contributed by atoms with Gasteiger partial charge in [-0.1, -0.05) is 13.8 Å². The number of carbonyl (C=O) groups excluding carboxylic acids is 2. The van der Waals surface area contributed by atoms with Crippen LogP contribution in [-0.2, 0) is 9.59 Å². The zero-order chi connectivity index (χ0) is 15.7. The molecule has 6 nitrogen and oxygen atoms in total. The first-order valence-corrected chi connectivity index (χ1v) is 8.14. The molecular formula is C15H30N4O2. The van der Waals surface area contributed by atoms with Crippen LogP contribution in [0.15, 0.2) is 0 Å². The molecule has 1 aliphatic heterocycles. The van der Waals surface area contributed by atoms with E-state index in [1.165, 1.54) is 0 Å². The Kier molecular flexibility index (Phi) is 8.30. The maximum absolute atomic E-state index is 12.4. The highest BCUT2D eigenvalue weighted by molar-refractivity contribution is 5.84. The molecule has 0 aromatic heterocycles. The van der Waals surface area contributed by atoms with Crippen molar-refractivity contribution in [2.45, 2.75) is 39.7 Å². The van der Waals surface area contributed by atoms with Crippen molar-refractivity contribution in [2.24, 2.45) is 0 Å². The fourth-order valence-electron chi connectivity index (χ4n) is 2.66. The molecule has 0 aromatic carbocycles. The predicted molar refractivity (Wildman–Crippen MR) is 84.1 cm³/mol. The summed E-state index contributed by atoms with van der Waals surface area (Å²) >= 11 is 0. The zero-order valence-electron chi connectivity index (χ0n) is 13.7. The summed E-state index contributed by atoms with van der Waals surface area (Å²) in [6.07, 6.45) is 1.93. The van der Waals surface area contributed by atoms with Gasteiger partial charge in [-0.3, -0.25) is 14.5 Å². The number of amides is 2. The van der Waals surface area contributed by atoms with Gasteiger partial charge in [0.25, 0.3) is 0 Å². The van der Waals surface area contributed by atoms with Crippen molar-refractivity contribution in [3.8, 4) is 0 Å². The molecule has 122 valence electrons. The van der Waals surface area contributed by atoms with Crippen LogP contribution in [0.4, 0.5) is 0 Å². The summed E-state index contributed by atoms with van der Waals surface area (Å²) in [5.41, 5.74) is 0. The van der Waals surface area contributed by atoms with Crippen LogP contribution in [0.1, 0.15) is 33.6 Å². The van der Waals surface area contributed by atoms with E-state index < -0.39 is 0 Å². The molecule has 1 rings (SSSR count). The topological polar surface area (TPSA) is 64.7 Å². The first-order valence-electron chi connectivity index (χ1n) is 8.14. The summed E-state index contributed by atoms with van der Waals surface area (Å²) in [6.45, 7) is 10.8. The Balaban J connectivity index is 2.63. The number of carbonyl (C=O) groups is 2. The molecule has 0 spiro atoms. The van der Waals surface area contributed by atoms with E-state index in [0.29, 0.717) is 19.6 Å². The molecule has 0 bridgehead atoms. The second kappa shape index (κ2) is 9.73. The number of hydrogen-bond donors (Lipinski definition) is 2. The van der Waals surface area contributed by atoms with Crippen LogP contribution in [0.3, 0.4) is 0 Å². The SMILES string of the molecule is CCCN(CCC)C(=O)CN1CCNCC1C(=O)NCC. The second-order valence-electron chi connectivity index (χ2n) is 5.47. The third-order valence-corrected chi connectivity index (χ3v) is 3.69. The molecule has 1 saturated heterocycles. The minimum Gasteiger partial charge on any atom is -0.355 e. The average molecular weight is 298 g/mol. The lowest BCUT2D eigenvalue weighted by Gasteiger charge is -2.35. The molecule has 0 saturated carbocycles. The van der Waals surface area contributed by atoms with Crippen molar-refractivity contribution in [3.63, 3.8) is 0 Å². The van der Waals surface area contributed by atoms with Gasteiger partial charge < -0.3 is 15.5 Å². The molecule has 0 aromatic rings. The van der Waals surface area contributed by atoms with E-state index in [1.807, 2.05) is 16.7 Å². The number of likely N-dealkylation sites (N-methyl/N-ethyl adjacent to an activating group) is 1. The maximum Gasteiger partial charge on any atom is 0.238 e. The van der Waals surface area contributed by atoms with Gasteiger partial charge in [-0.05, 0) is 19.8 Å². The summed E-state index contributed by atoms with van der Waals surface area (Å²) in [4.78, 5) is 28.5. The van der Waals surface area contributed by atoms with E-state index in [0.717, 1.165) is 39.0 Å². The largest absolute Gasteiger partial charge is 0.355 e. The molecule has 1 unspecified atom stereocenters. The van der Waals surface area contributed by atoms with E-state index in [2.05, 4.69) is 24.5 Å². The molecule has 2 N–H and O–H groups in total. The van der Waals surface area contributed by atoms with Crippen molar-refractivity contribution in [3.05, 3.63) is 0 Å². The van der Waals surface area contributed by atoms with Crippen molar-refractivity contribution in [1.82, 2.24) is 20.4 Å². The van der Waals surface area contributed by atoms with Crippen LogP contribution in [0.25, 0.3) is 0 Å². The fraction of sp³-hybridized carbons (Fsp3) is 0.867. The number of piperazine rings is 1. The Hall–Kier alpha value is -1.14. The van der Waals surface area contributed by atoms with Crippen LogP contribution in [-0.4, -0.2) is 73.5 Å².